The Bertz CT molecular complexity index is 735. The Kier molecular flexibility index (Phi) is 10.7. The maximum absolute atomic E-state index is 12.8. The average molecular weight is 556 g/mol. The highest BCUT2D eigenvalue weighted by atomic mass is 127. The standard InChI is InChI=1S/C25H41N5O.HI/c1-20-11-15-30(16-12-20)18-22-9-7-21(8-10-22)17-27-24(26-2)28-19-25(13-5-6-14-25)23(31)29(3)4;/h7-10,20H,5-6,11-19H2,1-4H3,(H2,26,27,28);1H. The van der Waals surface area contributed by atoms with Gasteiger partial charge in [-0.25, -0.2) is 0 Å². The third-order valence-corrected chi connectivity index (χ3v) is 7.00. The lowest BCUT2D eigenvalue weighted by Gasteiger charge is -2.31. The van der Waals surface area contributed by atoms with Gasteiger partial charge in [0.05, 0.1) is 5.41 Å². The van der Waals surface area contributed by atoms with Crippen LogP contribution >= 0.6 is 24.0 Å². The minimum atomic E-state index is -0.297. The molecule has 0 spiro atoms. The number of rotatable bonds is 7. The molecule has 1 aliphatic heterocycles. The lowest BCUT2D eigenvalue weighted by Crippen LogP contribution is -2.49. The van der Waals surface area contributed by atoms with Gasteiger partial charge >= 0.3 is 0 Å². The maximum atomic E-state index is 12.8. The summed E-state index contributed by atoms with van der Waals surface area (Å²) in [4.78, 5) is 21.4. The van der Waals surface area contributed by atoms with Gasteiger partial charge in [0.25, 0.3) is 0 Å². The first-order valence-electron chi connectivity index (χ1n) is 11.9. The Labute approximate surface area is 211 Å². The predicted molar refractivity (Wildman–Crippen MR) is 143 cm³/mol. The number of nitrogens with one attached hydrogen (secondary N) is 2. The normalized spacial score (nSPS) is 19.3. The topological polar surface area (TPSA) is 60.0 Å². The van der Waals surface area contributed by atoms with Gasteiger partial charge in [0, 0.05) is 40.8 Å². The summed E-state index contributed by atoms with van der Waals surface area (Å²) >= 11 is 0. The summed E-state index contributed by atoms with van der Waals surface area (Å²) in [5.41, 5.74) is 2.32. The number of aliphatic imine (C=N–C) groups is 1. The third kappa shape index (κ3) is 7.33. The molecule has 1 aliphatic carbocycles. The molecule has 1 saturated heterocycles. The first-order valence-corrected chi connectivity index (χ1v) is 11.9. The fraction of sp³-hybridized carbons (Fsp3) is 0.680. The summed E-state index contributed by atoms with van der Waals surface area (Å²) in [6.45, 7) is 7.18. The number of carbonyl (C=O) groups excluding carboxylic acids is 1. The van der Waals surface area contributed by atoms with E-state index in [4.69, 9.17) is 0 Å². The molecule has 1 aromatic carbocycles. The van der Waals surface area contributed by atoms with Crippen molar-refractivity contribution in [2.45, 2.75) is 58.5 Å². The first-order chi connectivity index (χ1) is 14.9. The molecule has 0 atom stereocenters. The molecule has 1 saturated carbocycles. The fourth-order valence-electron chi connectivity index (χ4n) is 4.89. The van der Waals surface area contributed by atoms with Crippen LogP contribution in [0.4, 0.5) is 0 Å². The van der Waals surface area contributed by atoms with Gasteiger partial charge in [-0.2, -0.15) is 0 Å². The molecule has 1 aromatic rings. The van der Waals surface area contributed by atoms with Crippen molar-refractivity contribution in [2.24, 2.45) is 16.3 Å². The highest BCUT2D eigenvalue weighted by Gasteiger charge is 2.42. The monoisotopic (exact) mass is 555 g/mol. The van der Waals surface area contributed by atoms with Crippen molar-refractivity contribution in [3.8, 4) is 0 Å². The van der Waals surface area contributed by atoms with Crippen LogP contribution < -0.4 is 10.6 Å². The zero-order chi connectivity index (χ0) is 22.3. The summed E-state index contributed by atoms with van der Waals surface area (Å²) in [5, 5.41) is 6.82. The van der Waals surface area contributed by atoms with Crippen molar-refractivity contribution < 1.29 is 4.79 Å². The number of halogens is 1. The van der Waals surface area contributed by atoms with E-state index in [0.29, 0.717) is 6.54 Å². The van der Waals surface area contributed by atoms with Crippen LogP contribution in [0.5, 0.6) is 0 Å². The van der Waals surface area contributed by atoms with E-state index in [1.165, 1.54) is 37.1 Å². The molecule has 0 unspecified atom stereocenters. The molecule has 1 heterocycles. The zero-order valence-electron chi connectivity index (χ0n) is 20.3. The number of carbonyl (C=O) groups is 1. The van der Waals surface area contributed by atoms with Crippen LogP contribution in [-0.2, 0) is 17.9 Å². The van der Waals surface area contributed by atoms with Gasteiger partial charge in [-0.1, -0.05) is 44.0 Å². The predicted octanol–water partition coefficient (Wildman–Crippen LogP) is 3.85. The van der Waals surface area contributed by atoms with Crippen molar-refractivity contribution >= 4 is 35.8 Å². The van der Waals surface area contributed by atoms with Crippen molar-refractivity contribution in [1.29, 1.82) is 0 Å². The van der Waals surface area contributed by atoms with Crippen molar-refractivity contribution in [3.05, 3.63) is 35.4 Å². The number of nitrogens with zero attached hydrogens (tertiary/aromatic N) is 3. The molecule has 7 heteroatoms. The highest BCUT2D eigenvalue weighted by Crippen LogP contribution is 2.38. The molecule has 1 amide bonds. The lowest BCUT2D eigenvalue weighted by molar-refractivity contribution is -0.138. The van der Waals surface area contributed by atoms with E-state index in [9.17, 15) is 4.79 Å². The lowest BCUT2D eigenvalue weighted by atomic mass is 9.84. The van der Waals surface area contributed by atoms with Crippen LogP contribution in [-0.4, -0.2) is 62.4 Å². The summed E-state index contributed by atoms with van der Waals surface area (Å²) in [6, 6.07) is 8.90. The van der Waals surface area contributed by atoms with Crippen molar-refractivity contribution in [3.63, 3.8) is 0 Å². The molecule has 0 aromatic heterocycles. The molecule has 6 nitrogen and oxygen atoms in total. The Hall–Kier alpha value is -1.35. The first kappa shape index (κ1) is 26.9. The van der Waals surface area contributed by atoms with Crippen LogP contribution in [0, 0.1) is 11.3 Å². The summed E-state index contributed by atoms with van der Waals surface area (Å²) < 4.78 is 0. The van der Waals surface area contributed by atoms with Crippen LogP contribution in [0.2, 0.25) is 0 Å². The number of benzene rings is 1. The second-order valence-corrected chi connectivity index (χ2v) is 9.74. The van der Waals surface area contributed by atoms with Gasteiger partial charge in [-0.05, 0) is 55.8 Å². The summed E-state index contributed by atoms with van der Waals surface area (Å²) in [5.74, 6) is 1.85. The SMILES string of the molecule is CN=C(NCc1ccc(CN2CCC(C)CC2)cc1)NCC1(C(=O)N(C)C)CCCC1.I. The Morgan fingerprint density at radius 1 is 1.09 bits per heavy atom. The van der Waals surface area contributed by atoms with Crippen molar-refractivity contribution in [1.82, 2.24) is 20.4 Å². The Morgan fingerprint density at radius 2 is 1.69 bits per heavy atom. The number of piperidine rings is 1. The fourth-order valence-corrected chi connectivity index (χ4v) is 4.89. The number of hydrogen-bond acceptors (Lipinski definition) is 3. The van der Waals surface area contributed by atoms with Gasteiger partial charge in [0.15, 0.2) is 5.96 Å². The number of amides is 1. The second-order valence-electron chi connectivity index (χ2n) is 9.74. The van der Waals surface area contributed by atoms with E-state index in [-0.39, 0.29) is 35.3 Å². The van der Waals surface area contributed by atoms with Gasteiger partial charge in [0.2, 0.25) is 5.91 Å². The van der Waals surface area contributed by atoms with Gasteiger partial charge in [-0.3, -0.25) is 14.7 Å². The maximum Gasteiger partial charge on any atom is 0.230 e. The molecule has 2 aliphatic rings. The minimum absolute atomic E-state index is 0. The van der Waals surface area contributed by atoms with E-state index < -0.39 is 0 Å². The molecule has 3 rings (SSSR count). The number of hydrogen-bond donors (Lipinski definition) is 2. The van der Waals surface area contributed by atoms with E-state index in [1.54, 1.807) is 11.9 Å². The quantitative estimate of drug-likeness (QED) is 0.305. The summed E-state index contributed by atoms with van der Waals surface area (Å²) in [6.07, 6.45) is 6.77. The van der Waals surface area contributed by atoms with Gasteiger partial charge in [-0.15, -0.1) is 24.0 Å². The molecule has 0 bridgehead atoms. The smallest absolute Gasteiger partial charge is 0.230 e. The van der Waals surface area contributed by atoms with Gasteiger partial charge < -0.3 is 15.5 Å². The van der Waals surface area contributed by atoms with Gasteiger partial charge in [0.1, 0.15) is 0 Å². The van der Waals surface area contributed by atoms with Crippen LogP contribution in [0.3, 0.4) is 0 Å². The Morgan fingerprint density at radius 3 is 2.25 bits per heavy atom. The highest BCUT2D eigenvalue weighted by molar-refractivity contribution is 14.0. The van der Waals surface area contributed by atoms with E-state index in [1.807, 2.05) is 14.1 Å². The molecule has 0 radical (unpaired) electrons. The summed E-state index contributed by atoms with van der Waals surface area (Å²) in [7, 11) is 5.49. The van der Waals surface area contributed by atoms with Crippen LogP contribution in [0.25, 0.3) is 0 Å². The largest absolute Gasteiger partial charge is 0.355 e. The molecule has 180 valence electrons. The van der Waals surface area contributed by atoms with E-state index >= 15 is 0 Å². The van der Waals surface area contributed by atoms with Crippen LogP contribution in [0.15, 0.2) is 29.3 Å². The zero-order valence-corrected chi connectivity index (χ0v) is 22.7. The van der Waals surface area contributed by atoms with E-state index in [2.05, 4.69) is 51.7 Å². The molecule has 32 heavy (non-hydrogen) atoms. The minimum Gasteiger partial charge on any atom is -0.355 e. The van der Waals surface area contributed by atoms with Crippen molar-refractivity contribution in [2.75, 3.05) is 40.8 Å². The average Bonchev–Trinajstić information content (AvgIpc) is 3.26. The molecular weight excluding hydrogens is 513 g/mol. The molecule has 2 fully saturated rings. The Balaban J connectivity index is 0.00000363. The number of guanidine groups is 1. The molecular formula is C25H42IN5O. The number of likely N-dealkylation sites (tertiary alicyclic amines) is 1. The second kappa shape index (κ2) is 12.8. The van der Waals surface area contributed by atoms with Crippen LogP contribution in [0.1, 0.15) is 56.6 Å². The molecule has 2 N–H and O–H groups in total. The third-order valence-electron chi connectivity index (χ3n) is 7.00. The van der Waals surface area contributed by atoms with E-state index in [0.717, 1.165) is 50.7 Å².